The molecule has 3 aromatic rings. The van der Waals surface area contributed by atoms with Gasteiger partial charge < -0.3 is 25.0 Å². The third-order valence-corrected chi connectivity index (χ3v) is 6.24. The molecular formula is C32H35N3O5. The van der Waals surface area contributed by atoms with E-state index in [-0.39, 0.29) is 12.0 Å². The molecule has 0 radical (unpaired) electrons. The average molecular weight is 542 g/mol. The Bertz CT molecular complexity index is 1420. The van der Waals surface area contributed by atoms with Crippen molar-refractivity contribution in [2.45, 2.75) is 46.3 Å². The fourth-order valence-electron chi connectivity index (χ4n) is 4.44. The maximum atomic E-state index is 13.2. The zero-order valence-corrected chi connectivity index (χ0v) is 23.5. The zero-order chi connectivity index (χ0) is 28.9. The molecule has 208 valence electrons. The monoisotopic (exact) mass is 541 g/mol. The number of anilines is 2. The molecule has 40 heavy (non-hydrogen) atoms. The molecule has 0 bridgehead atoms. The molecule has 1 heterocycles. The summed E-state index contributed by atoms with van der Waals surface area (Å²) in [5, 5.41) is 6.32. The van der Waals surface area contributed by atoms with Crippen LogP contribution in [0.2, 0.25) is 0 Å². The fraction of sp³-hybridized carbons (Fsp3) is 0.281. The van der Waals surface area contributed by atoms with E-state index in [1.165, 1.54) is 7.11 Å². The Morgan fingerprint density at radius 2 is 1.65 bits per heavy atom. The van der Waals surface area contributed by atoms with Gasteiger partial charge in [0.2, 0.25) is 0 Å². The van der Waals surface area contributed by atoms with Crippen molar-refractivity contribution in [3.63, 3.8) is 0 Å². The van der Waals surface area contributed by atoms with E-state index in [4.69, 9.17) is 9.47 Å². The van der Waals surface area contributed by atoms with Gasteiger partial charge in [-0.25, -0.2) is 9.59 Å². The molecule has 0 unspecified atom stereocenters. The fourth-order valence-corrected chi connectivity index (χ4v) is 4.44. The number of esters is 1. The van der Waals surface area contributed by atoms with Crippen LogP contribution in [0, 0.1) is 0 Å². The second-order valence-electron chi connectivity index (χ2n) is 10.5. The predicted molar refractivity (Wildman–Crippen MR) is 157 cm³/mol. The number of benzene rings is 3. The number of nitrogens with zero attached hydrogens (tertiary/aromatic N) is 1. The Labute approximate surface area is 235 Å². The SMILES string of the molecule is CCCN(Cc1ccc(N/C(=C2\C(=O)Nc3cc(C(=O)OC)ccc32)c2ccccc2)cc1)C(=O)OC(C)(C)C. The summed E-state index contributed by atoms with van der Waals surface area (Å²) in [7, 11) is 1.32. The maximum absolute atomic E-state index is 13.2. The molecule has 4 rings (SSSR count). The van der Waals surface area contributed by atoms with Crippen molar-refractivity contribution < 1.29 is 23.9 Å². The van der Waals surface area contributed by atoms with Crippen molar-refractivity contribution in [2.75, 3.05) is 24.3 Å². The highest BCUT2D eigenvalue weighted by Gasteiger charge is 2.29. The molecule has 2 amide bonds. The first-order chi connectivity index (χ1) is 19.1. The van der Waals surface area contributed by atoms with Crippen LogP contribution in [-0.4, -0.2) is 42.1 Å². The zero-order valence-electron chi connectivity index (χ0n) is 23.5. The van der Waals surface area contributed by atoms with Gasteiger partial charge in [0.1, 0.15) is 5.60 Å². The number of nitrogens with one attached hydrogen (secondary N) is 2. The van der Waals surface area contributed by atoms with Gasteiger partial charge in [0.25, 0.3) is 5.91 Å². The van der Waals surface area contributed by atoms with E-state index in [0.29, 0.717) is 41.2 Å². The van der Waals surface area contributed by atoms with Crippen LogP contribution >= 0.6 is 0 Å². The van der Waals surface area contributed by atoms with Crippen LogP contribution < -0.4 is 10.6 Å². The summed E-state index contributed by atoms with van der Waals surface area (Å²) >= 11 is 0. The molecule has 0 aromatic heterocycles. The standard InChI is InChI=1S/C32H35N3O5/c1-6-18-35(31(38)40-32(2,3)4)20-21-12-15-24(16-13-21)33-28(22-10-8-7-9-11-22)27-25-17-14-23(30(37)39-5)19-26(25)34-29(27)36/h7-17,19,33H,6,18,20H2,1-5H3,(H,34,36)/b28-27-. The number of hydrogen-bond acceptors (Lipinski definition) is 6. The number of rotatable bonds is 8. The van der Waals surface area contributed by atoms with Gasteiger partial charge in [0.15, 0.2) is 0 Å². The summed E-state index contributed by atoms with van der Waals surface area (Å²) in [4.78, 5) is 39.6. The van der Waals surface area contributed by atoms with Crippen molar-refractivity contribution in [3.05, 3.63) is 95.1 Å². The van der Waals surface area contributed by atoms with Gasteiger partial charge in [-0.15, -0.1) is 0 Å². The molecule has 8 heteroatoms. The van der Waals surface area contributed by atoms with Gasteiger partial charge in [-0.1, -0.05) is 55.5 Å². The van der Waals surface area contributed by atoms with E-state index in [0.717, 1.165) is 23.2 Å². The number of fused-ring (bicyclic) bond motifs is 1. The molecule has 0 fully saturated rings. The quantitative estimate of drug-likeness (QED) is 0.248. The molecule has 0 saturated heterocycles. The third-order valence-electron chi connectivity index (χ3n) is 6.24. The van der Waals surface area contributed by atoms with E-state index in [1.54, 1.807) is 23.1 Å². The Balaban J connectivity index is 1.64. The second kappa shape index (κ2) is 12.1. The number of methoxy groups -OCH3 is 1. The molecule has 0 atom stereocenters. The molecule has 2 N–H and O–H groups in total. The maximum Gasteiger partial charge on any atom is 0.410 e. The lowest BCUT2D eigenvalue weighted by molar-refractivity contribution is -0.110. The molecule has 0 saturated carbocycles. The Hall–Kier alpha value is -4.59. The molecule has 1 aliphatic rings. The van der Waals surface area contributed by atoms with E-state index in [2.05, 4.69) is 10.6 Å². The normalized spacial score (nSPS) is 13.7. The minimum atomic E-state index is -0.565. The van der Waals surface area contributed by atoms with Gasteiger partial charge >= 0.3 is 12.1 Å². The van der Waals surface area contributed by atoms with Gasteiger partial charge in [0.05, 0.1) is 29.6 Å². The highest BCUT2D eigenvalue weighted by molar-refractivity contribution is 6.37. The van der Waals surface area contributed by atoms with E-state index in [9.17, 15) is 14.4 Å². The summed E-state index contributed by atoms with van der Waals surface area (Å²) in [5.41, 5.74) is 4.71. The van der Waals surface area contributed by atoms with Gasteiger partial charge in [-0.2, -0.15) is 0 Å². The second-order valence-corrected chi connectivity index (χ2v) is 10.5. The Morgan fingerprint density at radius 3 is 2.27 bits per heavy atom. The summed E-state index contributed by atoms with van der Waals surface area (Å²) in [6, 6.07) is 22.4. The van der Waals surface area contributed by atoms with Crippen LogP contribution in [0.4, 0.5) is 16.2 Å². The molecule has 0 spiro atoms. The lowest BCUT2D eigenvalue weighted by Crippen LogP contribution is -2.36. The van der Waals surface area contributed by atoms with Crippen molar-refractivity contribution in [1.82, 2.24) is 4.90 Å². The van der Waals surface area contributed by atoms with Crippen LogP contribution in [0.15, 0.2) is 72.8 Å². The van der Waals surface area contributed by atoms with Crippen LogP contribution in [-0.2, 0) is 20.8 Å². The first-order valence-corrected chi connectivity index (χ1v) is 13.3. The minimum absolute atomic E-state index is 0.271. The smallest absolute Gasteiger partial charge is 0.410 e. The lowest BCUT2D eigenvalue weighted by Gasteiger charge is -2.27. The highest BCUT2D eigenvalue weighted by atomic mass is 16.6. The van der Waals surface area contributed by atoms with Gasteiger partial charge in [-0.05, 0) is 62.6 Å². The minimum Gasteiger partial charge on any atom is -0.465 e. The summed E-state index contributed by atoms with van der Waals surface area (Å²) in [6.07, 6.45) is 0.478. The summed E-state index contributed by atoms with van der Waals surface area (Å²) in [5.74, 6) is -0.743. The van der Waals surface area contributed by atoms with E-state index in [1.807, 2.05) is 82.3 Å². The van der Waals surface area contributed by atoms with E-state index < -0.39 is 11.6 Å². The van der Waals surface area contributed by atoms with Crippen LogP contribution in [0.5, 0.6) is 0 Å². The number of carbonyl (C=O) groups is 3. The summed E-state index contributed by atoms with van der Waals surface area (Å²) < 4.78 is 10.4. The Morgan fingerprint density at radius 1 is 0.950 bits per heavy atom. The van der Waals surface area contributed by atoms with Gasteiger partial charge in [0, 0.05) is 24.3 Å². The van der Waals surface area contributed by atoms with Crippen molar-refractivity contribution in [2.24, 2.45) is 0 Å². The van der Waals surface area contributed by atoms with Crippen molar-refractivity contribution in [1.29, 1.82) is 0 Å². The van der Waals surface area contributed by atoms with Crippen LogP contribution in [0.3, 0.4) is 0 Å². The average Bonchev–Trinajstić information content (AvgIpc) is 3.26. The number of hydrogen-bond donors (Lipinski definition) is 2. The molecular weight excluding hydrogens is 506 g/mol. The molecule has 8 nitrogen and oxygen atoms in total. The number of amides is 2. The molecule has 3 aromatic carbocycles. The van der Waals surface area contributed by atoms with Gasteiger partial charge in [-0.3, -0.25) is 4.79 Å². The van der Waals surface area contributed by atoms with E-state index >= 15 is 0 Å². The first kappa shape index (κ1) is 28.4. The number of ether oxygens (including phenoxy) is 2. The lowest BCUT2D eigenvalue weighted by atomic mass is 9.99. The van der Waals surface area contributed by atoms with Crippen molar-refractivity contribution >= 4 is 40.6 Å². The molecule has 0 aliphatic carbocycles. The van der Waals surface area contributed by atoms with Crippen molar-refractivity contribution in [3.8, 4) is 0 Å². The largest absolute Gasteiger partial charge is 0.465 e. The Kier molecular flexibility index (Phi) is 8.58. The first-order valence-electron chi connectivity index (χ1n) is 13.3. The van der Waals surface area contributed by atoms with Crippen LogP contribution in [0.1, 0.15) is 61.2 Å². The van der Waals surface area contributed by atoms with Crippen LogP contribution in [0.25, 0.3) is 11.3 Å². The molecule has 1 aliphatic heterocycles. The predicted octanol–water partition coefficient (Wildman–Crippen LogP) is 6.55. The number of carbonyl (C=O) groups excluding carboxylic acids is 3. The summed E-state index contributed by atoms with van der Waals surface area (Å²) in [6.45, 7) is 8.61. The highest BCUT2D eigenvalue weighted by Crippen LogP contribution is 2.38. The third kappa shape index (κ3) is 6.69. The topological polar surface area (TPSA) is 97.0 Å².